The lowest BCUT2D eigenvalue weighted by atomic mass is 10.1. The van der Waals surface area contributed by atoms with Crippen molar-refractivity contribution in [2.75, 3.05) is 0 Å². The minimum Gasteiger partial charge on any atom is -0.408 e. The van der Waals surface area contributed by atoms with Crippen molar-refractivity contribution >= 4 is 5.97 Å². The number of hydrogen-bond donors (Lipinski definition) is 0. The van der Waals surface area contributed by atoms with Crippen LogP contribution in [0.1, 0.15) is 18.1 Å². The summed E-state index contributed by atoms with van der Waals surface area (Å²) in [5, 5.41) is 0. The molecule has 0 bridgehead atoms. The highest BCUT2D eigenvalue weighted by Gasteiger charge is 2.01. The van der Waals surface area contributed by atoms with E-state index in [1.807, 2.05) is 6.07 Å². The first-order chi connectivity index (χ1) is 8.63. The van der Waals surface area contributed by atoms with Crippen LogP contribution in [0.15, 0.2) is 42.6 Å². The molecule has 2 aromatic rings. The molecular formula is C14H12FNO2. The van der Waals surface area contributed by atoms with Crippen LogP contribution in [0, 0.1) is 5.82 Å². The fourth-order valence-corrected chi connectivity index (χ4v) is 1.56. The molecule has 0 radical (unpaired) electrons. The Morgan fingerprint density at radius 2 is 1.83 bits per heavy atom. The van der Waals surface area contributed by atoms with Crippen LogP contribution in [0.2, 0.25) is 0 Å². The second-order valence-corrected chi connectivity index (χ2v) is 3.90. The van der Waals surface area contributed by atoms with Gasteiger partial charge in [0.05, 0.1) is 0 Å². The maximum Gasteiger partial charge on any atom is 0.309 e. The number of carbonyl (C=O) groups excluding carboxylic acids is 1. The fourth-order valence-electron chi connectivity index (χ4n) is 1.56. The number of benzene rings is 1. The van der Waals surface area contributed by atoms with Gasteiger partial charge in [-0.15, -0.1) is 0 Å². The zero-order chi connectivity index (χ0) is 13.0. The van der Waals surface area contributed by atoms with Crippen molar-refractivity contribution in [3.05, 3.63) is 59.5 Å². The number of halogens is 1. The molecule has 3 nitrogen and oxygen atoms in total. The summed E-state index contributed by atoms with van der Waals surface area (Å²) in [4.78, 5) is 14.7. The van der Waals surface area contributed by atoms with Crippen molar-refractivity contribution in [3.63, 3.8) is 0 Å². The smallest absolute Gasteiger partial charge is 0.309 e. The van der Waals surface area contributed by atoms with Gasteiger partial charge in [0.25, 0.3) is 0 Å². The van der Waals surface area contributed by atoms with Crippen LogP contribution in [0.5, 0.6) is 5.88 Å². The lowest BCUT2D eigenvalue weighted by molar-refractivity contribution is -0.132. The first-order valence-electron chi connectivity index (χ1n) is 5.51. The predicted molar refractivity (Wildman–Crippen MR) is 64.8 cm³/mol. The molecular weight excluding hydrogens is 233 g/mol. The van der Waals surface area contributed by atoms with Crippen molar-refractivity contribution < 1.29 is 13.9 Å². The molecule has 0 amide bonds. The molecule has 0 spiro atoms. The molecule has 0 atom stereocenters. The van der Waals surface area contributed by atoms with Crippen LogP contribution in [-0.2, 0) is 11.2 Å². The van der Waals surface area contributed by atoms with E-state index in [4.69, 9.17) is 4.74 Å². The number of ether oxygens (including phenoxy) is 1. The number of rotatable bonds is 3. The molecule has 1 aromatic carbocycles. The van der Waals surface area contributed by atoms with Crippen LogP contribution >= 0.6 is 0 Å². The average Bonchev–Trinajstić information content (AvgIpc) is 2.34. The van der Waals surface area contributed by atoms with E-state index in [0.29, 0.717) is 6.42 Å². The van der Waals surface area contributed by atoms with E-state index in [9.17, 15) is 9.18 Å². The molecule has 1 heterocycles. The van der Waals surface area contributed by atoms with Crippen molar-refractivity contribution in [2.24, 2.45) is 0 Å². The molecule has 1 aromatic heterocycles. The fraction of sp³-hybridized carbons (Fsp3) is 0.143. The van der Waals surface area contributed by atoms with Gasteiger partial charge in [-0.25, -0.2) is 9.37 Å². The molecule has 92 valence electrons. The standard InChI is InChI=1S/C14H12FNO2/c1-10(17)18-14-7-4-12(9-16-14)8-11-2-5-13(15)6-3-11/h2-7,9H,8H2,1H3. The summed E-state index contributed by atoms with van der Waals surface area (Å²) >= 11 is 0. The van der Waals surface area contributed by atoms with Crippen LogP contribution in [0.4, 0.5) is 4.39 Å². The van der Waals surface area contributed by atoms with Gasteiger partial charge in [-0.1, -0.05) is 18.2 Å². The van der Waals surface area contributed by atoms with Crippen LogP contribution in [-0.4, -0.2) is 11.0 Å². The molecule has 0 aliphatic heterocycles. The molecule has 2 rings (SSSR count). The first kappa shape index (κ1) is 12.2. The van der Waals surface area contributed by atoms with E-state index in [2.05, 4.69) is 4.98 Å². The molecule has 0 fully saturated rings. The van der Waals surface area contributed by atoms with Crippen LogP contribution in [0.3, 0.4) is 0 Å². The van der Waals surface area contributed by atoms with Gasteiger partial charge in [0, 0.05) is 19.2 Å². The third-order valence-electron chi connectivity index (χ3n) is 2.37. The zero-order valence-corrected chi connectivity index (χ0v) is 9.89. The van der Waals surface area contributed by atoms with E-state index in [0.717, 1.165) is 11.1 Å². The van der Waals surface area contributed by atoms with E-state index < -0.39 is 5.97 Å². The van der Waals surface area contributed by atoms with Gasteiger partial charge in [-0.2, -0.15) is 0 Å². The number of nitrogens with zero attached hydrogens (tertiary/aromatic N) is 1. The van der Waals surface area contributed by atoms with Gasteiger partial charge in [-0.05, 0) is 29.7 Å². The van der Waals surface area contributed by atoms with Gasteiger partial charge in [0.15, 0.2) is 0 Å². The Labute approximate surface area is 104 Å². The van der Waals surface area contributed by atoms with E-state index in [1.54, 1.807) is 24.4 Å². The van der Waals surface area contributed by atoms with Crippen molar-refractivity contribution in [1.82, 2.24) is 4.98 Å². The predicted octanol–water partition coefficient (Wildman–Crippen LogP) is 2.74. The second kappa shape index (κ2) is 5.40. The largest absolute Gasteiger partial charge is 0.408 e. The lowest BCUT2D eigenvalue weighted by Crippen LogP contribution is -2.03. The SMILES string of the molecule is CC(=O)Oc1ccc(Cc2ccc(F)cc2)cn1. The summed E-state index contributed by atoms with van der Waals surface area (Å²) in [6, 6.07) is 9.78. The topological polar surface area (TPSA) is 39.2 Å². The Morgan fingerprint density at radius 1 is 1.17 bits per heavy atom. The Hall–Kier alpha value is -2.23. The summed E-state index contributed by atoms with van der Waals surface area (Å²) in [5.74, 6) is -0.360. The maximum atomic E-state index is 12.7. The summed E-state index contributed by atoms with van der Waals surface area (Å²) in [6.07, 6.45) is 2.30. The number of hydrogen-bond acceptors (Lipinski definition) is 3. The Balaban J connectivity index is 2.06. The average molecular weight is 245 g/mol. The molecule has 0 aliphatic rings. The molecule has 0 aliphatic carbocycles. The summed E-state index contributed by atoms with van der Waals surface area (Å²) in [6.45, 7) is 1.33. The number of carbonyl (C=O) groups is 1. The van der Waals surface area contributed by atoms with E-state index >= 15 is 0 Å². The Bertz CT molecular complexity index is 535. The molecule has 18 heavy (non-hydrogen) atoms. The van der Waals surface area contributed by atoms with Crippen molar-refractivity contribution in [3.8, 4) is 5.88 Å². The van der Waals surface area contributed by atoms with Gasteiger partial charge < -0.3 is 4.74 Å². The quantitative estimate of drug-likeness (QED) is 0.780. The molecule has 0 saturated heterocycles. The highest BCUT2D eigenvalue weighted by Crippen LogP contribution is 2.12. The summed E-state index contributed by atoms with van der Waals surface area (Å²) in [5.41, 5.74) is 1.97. The highest BCUT2D eigenvalue weighted by molar-refractivity contribution is 5.68. The first-order valence-corrected chi connectivity index (χ1v) is 5.51. The van der Waals surface area contributed by atoms with Crippen molar-refractivity contribution in [1.29, 1.82) is 0 Å². The van der Waals surface area contributed by atoms with Crippen molar-refractivity contribution in [2.45, 2.75) is 13.3 Å². The minimum absolute atomic E-state index is 0.248. The maximum absolute atomic E-state index is 12.7. The van der Waals surface area contributed by atoms with E-state index in [1.165, 1.54) is 19.1 Å². The third kappa shape index (κ3) is 3.38. The molecule has 0 saturated carbocycles. The van der Waals surface area contributed by atoms with Gasteiger partial charge in [0.1, 0.15) is 5.82 Å². The summed E-state index contributed by atoms with van der Waals surface area (Å²) in [7, 11) is 0. The Morgan fingerprint density at radius 3 is 2.39 bits per heavy atom. The summed E-state index contributed by atoms with van der Waals surface area (Å²) < 4.78 is 17.6. The number of esters is 1. The monoisotopic (exact) mass is 245 g/mol. The molecule has 0 unspecified atom stereocenters. The van der Waals surface area contributed by atoms with E-state index in [-0.39, 0.29) is 11.7 Å². The Kier molecular flexibility index (Phi) is 3.67. The third-order valence-corrected chi connectivity index (χ3v) is 2.37. The second-order valence-electron chi connectivity index (χ2n) is 3.90. The number of pyridine rings is 1. The zero-order valence-electron chi connectivity index (χ0n) is 9.89. The normalized spacial score (nSPS) is 10.1. The van der Waals surface area contributed by atoms with Gasteiger partial charge >= 0.3 is 5.97 Å². The van der Waals surface area contributed by atoms with Crippen LogP contribution in [0.25, 0.3) is 0 Å². The van der Waals surface area contributed by atoms with Gasteiger partial charge in [-0.3, -0.25) is 4.79 Å². The lowest BCUT2D eigenvalue weighted by Gasteiger charge is -2.03. The van der Waals surface area contributed by atoms with Gasteiger partial charge in [0.2, 0.25) is 5.88 Å². The highest BCUT2D eigenvalue weighted by atomic mass is 19.1. The number of aromatic nitrogens is 1. The minimum atomic E-state index is -0.395. The molecule has 0 N–H and O–H groups in total. The van der Waals surface area contributed by atoms with Crippen LogP contribution < -0.4 is 4.74 Å². The molecule has 4 heteroatoms.